The highest BCUT2D eigenvalue weighted by molar-refractivity contribution is 6.30. The summed E-state index contributed by atoms with van der Waals surface area (Å²) in [5.74, 6) is 0. The molecule has 1 aromatic heterocycles. The summed E-state index contributed by atoms with van der Waals surface area (Å²) >= 11 is 5.99. The molecule has 19 heavy (non-hydrogen) atoms. The van der Waals surface area contributed by atoms with Gasteiger partial charge in [0.2, 0.25) is 0 Å². The lowest BCUT2D eigenvalue weighted by atomic mass is 9.98. The van der Waals surface area contributed by atoms with Crippen LogP contribution < -0.4 is 5.73 Å². The SMILES string of the molecule is Nc1cccc2c1CCN(Cc1cc(Cl)ccn1)C2. The lowest BCUT2D eigenvalue weighted by Gasteiger charge is -2.29. The minimum absolute atomic E-state index is 0.742. The highest BCUT2D eigenvalue weighted by Crippen LogP contribution is 2.25. The van der Waals surface area contributed by atoms with E-state index < -0.39 is 0 Å². The van der Waals surface area contributed by atoms with Crippen LogP contribution in [0.5, 0.6) is 0 Å². The van der Waals surface area contributed by atoms with Gasteiger partial charge in [0.15, 0.2) is 0 Å². The largest absolute Gasteiger partial charge is 0.398 e. The maximum atomic E-state index is 6.01. The molecule has 1 aliphatic heterocycles. The van der Waals surface area contributed by atoms with E-state index in [2.05, 4.69) is 16.0 Å². The van der Waals surface area contributed by atoms with Crippen LogP contribution in [0.15, 0.2) is 36.5 Å². The van der Waals surface area contributed by atoms with E-state index in [9.17, 15) is 0 Å². The van der Waals surface area contributed by atoms with Crippen LogP contribution in [0.25, 0.3) is 0 Å². The molecule has 98 valence electrons. The molecular weight excluding hydrogens is 258 g/mol. The molecule has 3 nitrogen and oxygen atoms in total. The first-order valence-electron chi connectivity index (χ1n) is 6.41. The predicted molar refractivity (Wildman–Crippen MR) is 77.9 cm³/mol. The van der Waals surface area contributed by atoms with Gasteiger partial charge in [-0.25, -0.2) is 0 Å². The third-order valence-electron chi connectivity index (χ3n) is 3.55. The number of hydrogen-bond acceptors (Lipinski definition) is 3. The van der Waals surface area contributed by atoms with Gasteiger partial charge < -0.3 is 5.73 Å². The molecule has 0 spiro atoms. The number of rotatable bonds is 2. The van der Waals surface area contributed by atoms with Gasteiger partial charge in [-0.2, -0.15) is 0 Å². The minimum atomic E-state index is 0.742. The number of fused-ring (bicyclic) bond motifs is 1. The highest BCUT2D eigenvalue weighted by Gasteiger charge is 2.18. The summed E-state index contributed by atoms with van der Waals surface area (Å²) in [5, 5.41) is 0.742. The van der Waals surface area contributed by atoms with Crippen molar-refractivity contribution in [3.05, 3.63) is 58.4 Å². The monoisotopic (exact) mass is 273 g/mol. The molecular formula is C15H16ClN3. The summed E-state index contributed by atoms with van der Waals surface area (Å²) in [6.45, 7) is 2.76. The second kappa shape index (κ2) is 5.19. The van der Waals surface area contributed by atoms with Crippen LogP contribution in [-0.2, 0) is 19.5 Å². The third kappa shape index (κ3) is 2.72. The van der Waals surface area contributed by atoms with Gasteiger partial charge in [-0.05, 0) is 35.7 Å². The Kier molecular flexibility index (Phi) is 3.40. The molecule has 2 N–H and O–H groups in total. The van der Waals surface area contributed by atoms with E-state index in [0.29, 0.717) is 0 Å². The molecule has 0 unspecified atom stereocenters. The molecule has 3 rings (SSSR count). The molecule has 4 heteroatoms. The molecule has 0 bridgehead atoms. The predicted octanol–water partition coefficient (Wildman–Crippen LogP) is 2.88. The first-order valence-corrected chi connectivity index (χ1v) is 6.79. The molecule has 0 aliphatic carbocycles. The summed E-state index contributed by atoms with van der Waals surface area (Å²) in [6, 6.07) is 9.89. The van der Waals surface area contributed by atoms with E-state index in [1.807, 2.05) is 18.2 Å². The van der Waals surface area contributed by atoms with Crippen molar-refractivity contribution in [3.63, 3.8) is 0 Å². The number of hydrogen-bond donors (Lipinski definition) is 1. The van der Waals surface area contributed by atoms with Gasteiger partial charge in [0.25, 0.3) is 0 Å². The van der Waals surface area contributed by atoms with Crippen molar-refractivity contribution >= 4 is 17.3 Å². The van der Waals surface area contributed by atoms with E-state index in [4.69, 9.17) is 17.3 Å². The Hall–Kier alpha value is -1.58. The molecule has 0 atom stereocenters. The van der Waals surface area contributed by atoms with Crippen molar-refractivity contribution in [2.24, 2.45) is 0 Å². The number of aromatic nitrogens is 1. The Bertz CT molecular complexity index is 598. The highest BCUT2D eigenvalue weighted by atomic mass is 35.5. The average molecular weight is 274 g/mol. The molecule has 0 saturated carbocycles. The topological polar surface area (TPSA) is 42.1 Å². The van der Waals surface area contributed by atoms with Gasteiger partial charge in [-0.3, -0.25) is 9.88 Å². The molecule has 0 radical (unpaired) electrons. The molecule has 0 amide bonds. The number of pyridine rings is 1. The molecule has 1 aromatic carbocycles. The van der Waals surface area contributed by atoms with Crippen LogP contribution in [0.4, 0.5) is 5.69 Å². The molecule has 0 saturated heterocycles. The van der Waals surface area contributed by atoms with E-state index >= 15 is 0 Å². The summed E-state index contributed by atoms with van der Waals surface area (Å²) < 4.78 is 0. The maximum Gasteiger partial charge on any atom is 0.0558 e. The summed E-state index contributed by atoms with van der Waals surface area (Å²) in [5.41, 5.74) is 10.6. The summed E-state index contributed by atoms with van der Waals surface area (Å²) in [6.07, 6.45) is 2.76. The second-order valence-electron chi connectivity index (χ2n) is 4.91. The van der Waals surface area contributed by atoms with Gasteiger partial charge in [0, 0.05) is 36.5 Å². The van der Waals surface area contributed by atoms with Crippen molar-refractivity contribution in [2.75, 3.05) is 12.3 Å². The normalized spacial score (nSPS) is 15.2. The molecule has 0 fully saturated rings. The number of nitrogen functional groups attached to an aromatic ring is 1. The Morgan fingerprint density at radius 1 is 1.32 bits per heavy atom. The Balaban J connectivity index is 1.76. The van der Waals surface area contributed by atoms with Crippen molar-refractivity contribution in [3.8, 4) is 0 Å². The van der Waals surface area contributed by atoms with Crippen LogP contribution >= 0.6 is 11.6 Å². The van der Waals surface area contributed by atoms with Gasteiger partial charge in [0.1, 0.15) is 0 Å². The average Bonchev–Trinajstić information content (AvgIpc) is 2.39. The van der Waals surface area contributed by atoms with Gasteiger partial charge in [0.05, 0.1) is 5.69 Å². The molecule has 2 heterocycles. The Morgan fingerprint density at radius 3 is 3.05 bits per heavy atom. The Labute approximate surface area is 118 Å². The van der Waals surface area contributed by atoms with Gasteiger partial charge in [-0.15, -0.1) is 0 Å². The third-order valence-corrected chi connectivity index (χ3v) is 3.78. The fraction of sp³-hybridized carbons (Fsp3) is 0.267. The van der Waals surface area contributed by atoms with Crippen LogP contribution in [0.1, 0.15) is 16.8 Å². The van der Waals surface area contributed by atoms with Crippen LogP contribution in [0, 0.1) is 0 Å². The molecule has 1 aliphatic rings. The maximum absolute atomic E-state index is 6.01. The first-order chi connectivity index (χ1) is 9.22. The number of halogens is 1. The van der Waals surface area contributed by atoms with Crippen LogP contribution in [0.2, 0.25) is 5.02 Å². The number of nitrogens with zero attached hydrogens (tertiary/aromatic N) is 2. The molecule has 2 aromatic rings. The van der Waals surface area contributed by atoms with Crippen molar-refractivity contribution < 1.29 is 0 Å². The van der Waals surface area contributed by atoms with Crippen LogP contribution in [0.3, 0.4) is 0 Å². The van der Waals surface area contributed by atoms with E-state index in [0.717, 1.165) is 42.5 Å². The summed E-state index contributed by atoms with van der Waals surface area (Å²) in [4.78, 5) is 6.73. The van der Waals surface area contributed by atoms with E-state index in [1.54, 1.807) is 12.3 Å². The fourth-order valence-electron chi connectivity index (χ4n) is 2.60. The number of anilines is 1. The van der Waals surface area contributed by atoms with E-state index in [-0.39, 0.29) is 0 Å². The van der Waals surface area contributed by atoms with Crippen molar-refractivity contribution in [2.45, 2.75) is 19.5 Å². The quantitative estimate of drug-likeness (QED) is 0.856. The lowest BCUT2D eigenvalue weighted by Crippen LogP contribution is -2.30. The minimum Gasteiger partial charge on any atom is -0.398 e. The van der Waals surface area contributed by atoms with Gasteiger partial charge >= 0.3 is 0 Å². The second-order valence-corrected chi connectivity index (χ2v) is 5.35. The zero-order chi connectivity index (χ0) is 13.2. The fourth-order valence-corrected chi connectivity index (χ4v) is 2.78. The number of nitrogens with two attached hydrogens (primary N) is 1. The summed E-state index contributed by atoms with van der Waals surface area (Å²) in [7, 11) is 0. The zero-order valence-electron chi connectivity index (χ0n) is 10.6. The van der Waals surface area contributed by atoms with Crippen molar-refractivity contribution in [1.82, 2.24) is 9.88 Å². The number of benzene rings is 1. The standard InChI is InChI=1S/C15H16ClN3/c16-12-4-6-18-13(8-12)10-19-7-5-14-11(9-19)2-1-3-15(14)17/h1-4,6,8H,5,7,9-10,17H2. The smallest absolute Gasteiger partial charge is 0.0558 e. The van der Waals surface area contributed by atoms with Crippen molar-refractivity contribution in [1.29, 1.82) is 0 Å². The van der Waals surface area contributed by atoms with Gasteiger partial charge in [-0.1, -0.05) is 23.7 Å². The van der Waals surface area contributed by atoms with Crippen LogP contribution in [-0.4, -0.2) is 16.4 Å². The lowest BCUT2D eigenvalue weighted by molar-refractivity contribution is 0.243. The first kappa shape index (κ1) is 12.5. The van der Waals surface area contributed by atoms with E-state index in [1.165, 1.54) is 11.1 Å². The Morgan fingerprint density at radius 2 is 2.21 bits per heavy atom. The zero-order valence-corrected chi connectivity index (χ0v) is 11.4.